The number of benzene rings is 1. The predicted molar refractivity (Wildman–Crippen MR) is 86.4 cm³/mol. The lowest BCUT2D eigenvalue weighted by Gasteiger charge is -2.09. The van der Waals surface area contributed by atoms with Crippen LogP contribution in [0.3, 0.4) is 0 Å². The van der Waals surface area contributed by atoms with Gasteiger partial charge in [-0.2, -0.15) is 0 Å². The third-order valence-corrected chi connectivity index (χ3v) is 3.06. The molecule has 1 aromatic carbocycles. The molecule has 0 aliphatic heterocycles. The van der Waals surface area contributed by atoms with E-state index in [1.54, 1.807) is 19.2 Å². The maximum absolute atomic E-state index is 11.5. The first-order chi connectivity index (χ1) is 11.1. The summed E-state index contributed by atoms with van der Waals surface area (Å²) in [7, 11) is 1.61. The molecule has 0 saturated heterocycles. The van der Waals surface area contributed by atoms with E-state index in [2.05, 4.69) is 0 Å². The van der Waals surface area contributed by atoms with Crippen molar-refractivity contribution >= 4 is 29.2 Å². The number of carbonyl (C=O) groups excluding carboxylic acids is 1. The Balaban J connectivity index is 2.02. The van der Waals surface area contributed by atoms with E-state index in [0.717, 1.165) is 0 Å². The van der Waals surface area contributed by atoms with Gasteiger partial charge in [-0.3, -0.25) is 0 Å². The van der Waals surface area contributed by atoms with E-state index >= 15 is 0 Å². The van der Waals surface area contributed by atoms with Crippen LogP contribution in [0.5, 0.6) is 5.75 Å². The summed E-state index contributed by atoms with van der Waals surface area (Å²) in [4.78, 5) is 11.5. The molecule has 0 saturated carbocycles. The minimum atomic E-state index is -0.504. The second kappa shape index (κ2) is 12.4. The van der Waals surface area contributed by atoms with Gasteiger partial charge in [-0.25, -0.2) is 4.79 Å². The Morgan fingerprint density at radius 1 is 1.00 bits per heavy atom. The average molecular weight is 367 g/mol. The minimum Gasteiger partial charge on any atom is -0.480 e. The largest absolute Gasteiger partial charge is 0.480 e. The van der Waals surface area contributed by atoms with Crippen LogP contribution in [-0.2, 0) is 23.7 Å². The average Bonchev–Trinajstić information content (AvgIpc) is 2.52. The molecule has 0 atom stereocenters. The fraction of sp³-hybridized carbons (Fsp3) is 0.533. The summed E-state index contributed by atoms with van der Waals surface area (Å²) < 4.78 is 25.5. The predicted octanol–water partition coefficient (Wildman–Crippen LogP) is 2.60. The summed E-state index contributed by atoms with van der Waals surface area (Å²) in [5.74, 6) is -0.131. The van der Waals surface area contributed by atoms with Crippen LogP contribution < -0.4 is 4.74 Å². The molecule has 0 radical (unpaired) electrons. The lowest BCUT2D eigenvalue weighted by Crippen LogP contribution is -2.18. The van der Waals surface area contributed by atoms with Gasteiger partial charge in [-0.05, 0) is 18.2 Å². The highest BCUT2D eigenvalue weighted by atomic mass is 35.5. The van der Waals surface area contributed by atoms with Gasteiger partial charge >= 0.3 is 5.97 Å². The van der Waals surface area contributed by atoms with Crippen molar-refractivity contribution in [3.63, 3.8) is 0 Å². The monoisotopic (exact) mass is 366 g/mol. The summed E-state index contributed by atoms with van der Waals surface area (Å²) >= 11 is 11.7. The SMILES string of the molecule is COCCOCCOCCOC(=O)COc1ccc(Cl)cc1Cl. The van der Waals surface area contributed by atoms with Crippen molar-refractivity contribution in [2.45, 2.75) is 0 Å². The van der Waals surface area contributed by atoms with Crippen LogP contribution in [0.25, 0.3) is 0 Å². The van der Waals surface area contributed by atoms with Gasteiger partial charge in [-0.15, -0.1) is 0 Å². The van der Waals surface area contributed by atoms with Gasteiger partial charge in [0.05, 0.1) is 38.1 Å². The van der Waals surface area contributed by atoms with Gasteiger partial charge in [0.15, 0.2) is 6.61 Å². The summed E-state index contributed by atoms with van der Waals surface area (Å²) in [6.45, 7) is 2.18. The second-order valence-electron chi connectivity index (χ2n) is 4.30. The molecule has 0 aromatic heterocycles. The number of carbonyl (C=O) groups is 1. The smallest absolute Gasteiger partial charge is 0.344 e. The van der Waals surface area contributed by atoms with Crippen LogP contribution >= 0.6 is 23.2 Å². The van der Waals surface area contributed by atoms with Crippen molar-refractivity contribution in [3.8, 4) is 5.75 Å². The highest BCUT2D eigenvalue weighted by Gasteiger charge is 2.07. The van der Waals surface area contributed by atoms with Gasteiger partial charge in [0, 0.05) is 12.1 Å². The van der Waals surface area contributed by atoms with Crippen molar-refractivity contribution in [2.75, 3.05) is 53.4 Å². The number of esters is 1. The van der Waals surface area contributed by atoms with E-state index in [-0.39, 0.29) is 13.2 Å². The molecule has 0 amide bonds. The Hall–Kier alpha value is -1.05. The summed E-state index contributed by atoms with van der Waals surface area (Å²) in [5.41, 5.74) is 0. The minimum absolute atomic E-state index is 0.147. The quantitative estimate of drug-likeness (QED) is 0.418. The summed E-state index contributed by atoms with van der Waals surface area (Å²) in [6, 6.07) is 4.74. The third kappa shape index (κ3) is 9.63. The standard InChI is InChI=1S/C15H20Cl2O6/c1-19-4-5-20-6-7-21-8-9-22-15(18)11-23-14-3-2-12(16)10-13(14)17/h2-3,10H,4-9,11H2,1H3. The fourth-order valence-corrected chi connectivity index (χ4v) is 1.91. The Kier molecular flexibility index (Phi) is 10.8. The molecule has 0 N–H and O–H groups in total. The normalized spacial score (nSPS) is 10.6. The third-order valence-electron chi connectivity index (χ3n) is 2.53. The number of halogens is 2. The zero-order valence-corrected chi connectivity index (χ0v) is 14.4. The Labute approximate surface area is 145 Å². The molecule has 1 rings (SSSR count). The van der Waals surface area contributed by atoms with Crippen molar-refractivity contribution in [3.05, 3.63) is 28.2 Å². The van der Waals surface area contributed by atoms with Crippen molar-refractivity contribution in [1.29, 1.82) is 0 Å². The van der Waals surface area contributed by atoms with Crippen molar-refractivity contribution in [1.82, 2.24) is 0 Å². The van der Waals surface area contributed by atoms with Crippen LogP contribution in [0.2, 0.25) is 10.0 Å². The number of hydrogen-bond acceptors (Lipinski definition) is 6. The van der Waals surface area contributed by atoms with E-state index in [4.69, 9.17) is 46.9 Å². The Morgan fingerprint density at radius 3 is 2.30 bits per heavy atom. The van der Waals surface area contributed by atoms with Gasteiger partial charge in [0.1, 0.15) is 12.4 Å². The number of ether oxygens (including phenoxy) is 5. The highest BCUT2D eigenvalue weighted by molar-refractivity contribution is 6.35. The van der Waals surface area contributed by atoms with Crippen molar-refractivity contribution < 1.29 is 28.5 Å². The van der Waals surface area contributed by atoms with Gasteiger partial charge in [-0.1, -0.05) is 23.2 Å². The zero-order valence-electron chi connectivity index (χ0n) is 12.9. The van der Waals surface area contributed by atoms with E-state index < -0.39 is 5.97 Å². The maximum atomic E-state index is 11.5. The topological polar surface area (TPSA) is 63.2 Å². The molecule has 0 fully saturated rings. The Bertz CT molecular complexity index is 469. The molecule has 0 aliphatic rings. The van der Waals surface area contributed by atoms with E-state index in [9.17, 15) is 4.79 Å². The number of methoxy groups -OCH3 is 1. The zero-order chi connectivity index (χ0) is 16.9. The highest BCUT2D eigenvalue weighted by Crippen LogP contribution is 2.27. The molecular weight excluding hydrogens is 347 g/mol. The van der Waals surface area contributed by atoms with Crippen LogP contribution in [-0.4, -0.2) is 59.3 Å². The van der Waals surface area contributed by atoms with Gasteiger partial charge in [0.25, 0.3) is 0 Å². The summed E-state index contributed by atoms with van der Waals surface area (Å²) in [5, 5.41) is 0.829. The lowest BCUT2D eigenvalue weighted by molar-refractivity contribution is -0.147. The maximum Gasteiger partial charge on any atom is 0.344 e. The molecule has 0 bridgehead atoms. The first-order valence-corrected chi connectivity index (χ1v) is 7.77. The Morgan fingerprint density at radius 2 is 1.65 bits per heavy atom. The van der Waals surface area contributed by atoms with E-state index in [1.165, 1.54) is 6.07 Å². The molecule has 0 heterocycles. The van der Waals surface area contributed by atoms with Gasteiger partial charge in [0.2, 0.25) is 0 Å². The molecule has 23 heavy (non-hydrogen) atoms. The number of rotatable bonds is 12. The molecule has 1 aromatic rings. The van der Waals surface area contributed by atoms with Crippen LogP contribution in [0.1, 0.15) is 0 Å². The first-order valence-electron chi connectivity index (χ1n) is 7.01. The van der Waals surface area contributed by atoms with Crippen molar-refractivity contribution in [2.24, 2.45) is 0 Å². The van der Waals surface area contributed by atoms with Crippen LogP contribution in [0.15, 0.2) is 18.2 Å². The molecular formula is C15H20Cl2O6. The molecule has 0 unspecified atom stereocenters. The first kappa shape index (κ1) is 20.0. The van der Waals surface area contributed by atoms with Gasteiger partial charge < -0.3 is 23.7 Å². The molecule has 0 spiro atoms. The molecule has 6 nitrogen and oxygen atoms in total. The molecule has 130 valence electrons. The van der Waals surface area contributed by atoms with E-state index in [1.807, 2.05) is 0 Å². The second-order valence-corrected chi connectivity index (χ2v) is 5.15. The lowest BCUT2D eigenvalue weighted by atomic mass is 10.3. The fourth-order valence-electron chi connectivity index (χ4n) is 1.45. The molecule has 8 heteroatoms. The number of hydrogen-bond donors (Lipinski definition) is 0. The van der Waals surface area contributed by atoms with Crippen LogP contribution in [0, 0.1) is 0 Å². The molecule has 0 aliphatic carbocycles. The van der Waals surface area contributed by atoms with Crippen LogP contribution in [0.4, 0.5) is 0 Å². The van der Waals surface area contributed by atoms with E-state index in [0.29, 0.717) is 48.8 Å². The summed E-state index contributed by atoms with van der Waals surface area (Å²) in [6.07, 6.45) is 0.